The second-order valence-electron chi connectivity index (χ2n) is 4.84. The van der Waals surface area contributed by atoms with Gasteiger partial charge in [0, 0.05) is 5.54 Å². The van der Waals surface area contributed by atoms with E-state index in [2.05, 4.69) is 19.2 Å². The molecule has 13 heavy (non-hydrogen) atoms. The third-order valence-corrected chi connectivity index (χ3v) is 1.84. The van der Waals surface area contributed by atoms with E-state index in [0.29, 0.717) is 5.92 Å². The van der Waals surface area contributed by atoms with E-state index in [0.717, 1.165) is 6.42 Å². The lowest BCUT2D eigenvalue weighted by Crippen LogP contribution is -2.44. The number of carbonyl (C=O) groups is 1. The van der Waals surface area contributed by atoms with E-state index < -0.39 is 5.38 Å². The first-order valence-electron chi connectivity index (χ1n) is 4.68. The highest BCUT2D eigenvalue weighted by Crippen LogP contribution is 2.12. The van der Waals surface area contributed by atoms with Crippen LogP contribution in [-0.2, 0) is 4.79 Å². The first-order valence-corrected chi connectivity index (χ1v) is 5.12. The fourth-order valence-electron chi connectivity index (χ4n) is 0.969. The van der Waals surface area contributed by atoms with Crippen LogP contribution >= 0.6 is 11.6 Å². The van der Waals surface area contributed by atoms with Gasteiger partial charge in [-0.15, -0.1) is 11.6 Å². The Morgan fingerprint density at radius 2 is 1.85 bits per heavy atom. The van der Waals surface area contributed by atoms with Gasteiger partial charge >= 0.3 is 0 Å². The van der Waals surface area contributed by atoms with Gasteiger partial charge in [-0.25, -0.2) is 0 Å². The normalized spacial score (nSPS) is 14.4. The maximum atomic E-state index is 11.5. The van der Waals surface area contributed by atoms with Crippen molar-refractivity contribution >= 4 is 17.5 Å². The van der Waals surface area contributed by atoms with E-state index in [1.807, 2.05) is 20.8 Å². The molecule has 0 spiro atoms. The van der Waals surface area contributed by atoms with Crippen LogP contribution in [0.4, 0.5) is 0 Å². The number of alkyl halides is 1. The summed E-state index contributed by atoms with van der Waals surface area (Å²) in [5.74, 6) is 0.385. The van der Waals surface area contributed by atoms with Gasteiger partial charge in [0.2, 0.25) is 5.91 Å². The highest BCUT2D eigenvalue weighted by atomic mass is 35.5. The van der Waals surface area contributed by atoms with E-state index in [-0.39, 0.29) is 11.4 Å². The summed E-state index contributed by atoms with van der Waals surface area (Å²) in [7, 11) is 0. The molecule has 0 aliphatic carbocycles. The molecular formula is C10H20ClNO. The van der Waals surface area contributed by atoms with Crippen LogP contribution in [0, 0.1) is 5.92 Å². The van der Waals surface area contributed by atoms with Crippen molar-refractivity contribution in [2.45, 2.75) is 52.0 Å². The molecule has 1 amide bonds. The average Bonchev–Trinajstić information content (AvgIpc) is 1.81. The number of nitrogens with one attached hydrogen (secondary N) is 1. The van der Waals surface area contributed by atoms with Crippen molar-refractivity contribution in [3.63, 3.8) is 0 Å². The minimum absolute atomic E-state index is 0.0668. The number of carbonyl (C=O) groups excluding carboxylic acids is 1. The molecule has 0 aliphatic heterocycles. The molecule has 1 N–H and O–H groups in total. The number of amides is 1. The lowest BCUT2D eigenvalue weighted by Gasteiger charge is -2.22. The number of hydrogen-bond donors (Lipinski definition) is 1. The number of rotatable bonds is 3. The first kappa shape index (κ1) is 12.8. The van der Waals surface area contributed by atoms with Crippen LogP contribution in [0.25, 0.3) is 0 Å². The Morgan fingerprint density at radius 1 is 1.38 bits per heavy atom. The summed E-state index contributed by atoms with van der Waals surface area (Å²) < 4.78 is 0. The summed E-state index contributed by atoms with van der Waals surface area (Å²) in [4.78, 5) is 11.5. The van der Waals surface area contributed by atoms with E-state index in [4.69, 9.17) is 11.6 Å². The van der Waals surface area contributed by atoms with Crippen molar-refractivity contribution in [2.24, 2.45) is 5.92 Å². The van der Waals surface area contributed by atoms with Crippen LogP contribution < -0.4 is 5.32 Å². The molecule has 78 valence electrons. The molecule has 0 aromatic rings. The molecule has 1 atom stereocenters. The van der Waals surface area contributed by atoms with Crippen LogP contribution in [0.15, 0.2) is 0 Å². The van der Waals surface area contributed by atoms with Gasteiger partial charge in [-0.1, -0.05) is 13.8 Å². The summed E-state index contributed by atoms with van der Waals surface area (Å²) in [6.45, 7) is 9.96. The van der Waals surface area contributed by atoms with Gasteiger partial charge in [0.1, 0.15) is 5.38 Å². The molecule has 0 aliphatic rings. The Kier molecular flexibility index (Phi) is 4.76. The molecular weight excluding hydrogens is 186 g/mol. The molecule has 0 saturated heterocycles. The van der Waals surface area contributed by atoms with Gasteiger partial charge in [-0.05, 0) is 33.1 Å². The first-order chi connectivity index (χ1) is 5.72. The van der Waals surface area contributed by atoms with Crippen molar-refractivity contribution in [1.82, 2.24) is 5.32 Å². The predicted molar refractivity (Wildman–Crippen MR) is 57.0 cm³/mol. The predicted octanol–water partition coefficient (Wildman–Crippen LogP) is 2.55. The van der Waals surface area contributed by atoms with Gasteiger partial charge in [0.25, 0.3) is 0 Å². The third-order valence-electron chi connectivity index (χ3n) is 1.46. The quantitative estimate of drug-likeness (QED) is 0.705. The van der Waals surface area contributed by atoms with E-state index in [9.17, 15) is 4.79 Å². The van der Waals surface area contributed by atoms with Crippen LogP contribution in [0.5, 0.6) is 0 Å². The third kappa shape index (κ3) is 6.88. The fourth-order valence-corrected chi connectivity index (χ4v) is 1.38. The van der Waals surface area contributed by atoms with Crippen molar-refractivity contribution in [3.05, 3.63) is 0 Å². The zero-order valence-electron chi connectivity index (χ0n) is 9.15. The van der Waals surface area contributed by atoms with Gasteiger partial charge < -0.3 is 5.32 Å². The lowest BCUT2D eigenvalue weighted by molar-refractivity contribution is -0.122. The monoisotopic (exact) mass is 205 g/mol. The lowest BCUT2D eigenvalue weighted by atomic mass is 10.1. The Hall–Kier alpha value is -0.240. The summed E-state index contributed by atoms with van der Waals surface area (Å²) in [5, 5.41) is 2.45. The van der Waals surface area contributed by atoms with E-state index >= 15 is 0 Å². The largest absolute Gasteiger partial charge is 0.350 e. The zero-order valence-corrected chi connectivity index (χ0v) is 9.90. The minimum Gasteiger partial charge on any atom is -0.350 e. The van der Waals surface area contributed by atoms with Gasteiger partial charge in [0.15, 0.2) is 0 Å². The molecule has 0 aromatic heterocycles. The smallest absolute Gasteiger partial charge is 0.238 e. The summed E-state index contributed by atoms with van der Waals surface area (Å²) in [5.41, 5.74) is -0.193. The zero-order chi connectivity index (χ0) is 10.6. The molecule has 0 saturated carbocycles. The van der Waals surface area contributed by atoms with E-state index in [1.54, 1.807) is 0 Å². The van der Waals surface area contributed by atoms with E-state index in [1.165, 1.54) is 0 Å². The maximum absolute atomic E-state index is 11.5. The standard InChI is InChI=1S/C10H20ClNO/c1-7(2)6-8(11)9(13)12-10(3,4)5/h7-8H,6H2,1-5H3,(H,12,13). The second-order valence-corrected chi connectivity index (χ2v) is 5.36. The van der Waals surface area contributed by atoms with Crippen LogP contribution in [0.1, 0.15) is 41.0 Å². The molecule has 0 radical (unpaired) electrons. The van der Waals surface area contributed by atoms with Gasteiger partial charge in [0.05, 0.1) is 0 Å². The summed E-state index contributed by atoms with van der Waals surface area (Å²) >= 11 is 5.92. The van der Waals surface area contributed by atoms with Crippen molar-refractivity contribution in [1.29, 1.82) is 0 Å². The Balaban J connectivity index is 3.97. The molecule has 1 unspecified atom stereocenters. The highest BCUT2D eigenvalue weighted by molar-refractivity contribution is 6.30. The second kappa shape index (κ2) is 4.85. The van der Waals surface area contributed by atoms with Crippen LogP contribution in [0.2, 0.25) is 0 Å². The molecule has 0 bridgehead atoms. The molecule has 0 heterocycles. The highest BCUT2D eigenvalue weighted by Gasteiger charge is 2.21. The molecule has 0 rings (SSSR count). The SMILES string of the molecule is CC(C)CC(Cl)C(=O)NC(C)(C)C. The Bertz CT molecular complexity index is 172. The van der Waals surface area contributed by atoms with Crippen molar-refractivity contribution < 1.29 is 4.79 Å². The molecule has 0 aromatic carbocycles. The van der Waals surface area contributed by atoms with Gasteiger partial charge in [-0.3, -0.25) is 4.79 Å². The van der Waals surface area contributed by atoms with Crippen LogP contribution in [-0.4, -0.2) is 16.8 Å². The number of hydrogen-bond acceptors (Lipinski definition) is 1. The molecule has 2 nitrogen and oxygen atoms in total. The Labute approximate surface area is 86.0 Å². The minimum atomic E-state index is -0.403. The van der Waals surface area contributed by atoms with Gasteiger partial charge in [-0.2, -0.15) is 0 Å². The maximum Gasteiger partial charge on any atom is 0.238 e. The summed E-state index contributed by atoms with van der Waals surface area (Å²) in [6, 6.07) is 0. The van der Waals surface area contributed by atoms with Crippen LogP contribution in [0.3, 0.4) is 0 Å². The van der Waals surface area contributed by atoms with Crippen molar-refractivity contribution in [2.75, 3.05) is 0 Å². The Morgan fingerprint density at radius 3 is 2.15 bits per heavy atom. The molecule has 0 fully saturated rings. The summed E-state index contributed by atoms with van der Waals surface area (Å²) in [6.07, 6.45) is 0.726. The van der Waals surface area contributed by atoms with Crippen molar-refractivity contribution in [3.8, 4) is 0 Å². The number of halogens is 1. The topological polar surface area (TPSA) is 29.1 Å². The fraction of sp³-hybridized carbons (Fsp3) is 0.900. The molecule has 3 heteroatoms. The average molecular weight is 206 g/mol.